The minimum Gasteiger partial charge on any atom is -0.398 e. The number of carbonyl (C=O) groups is 1. The lowest BCUT2D eigenvalue weighted by atomic mass is 10.2. The van der Waals surface area contributed by atoms with Crippen molar-refractivity contribution in [2.75, 3.05) is 11.1 Å². The number of halogens is 3. The Morgan fingerprint density at radius 1 is 1.26 bits per heavy atom. The van der Waals surface area contributed by atoms with Crippen molar-refractivity contribution in [3.63, 3.8) is 0 Å². The van der Waals surface area contributed by atoms with Crippen LogP contribution in [-0.4, -0.2) is 5.91 Å². The second-order valence-corrected chi connectivity index (χ2v) is 5.83. The van der Waals surface area contributed by atoms with Crippen molar-refractivity contribution in [1.29, 1.82) is 0 Å². The summed E-state index contributed by atoms with van der Waals surface area (Å²) in [6, 6.07) is 9.12. The van der Waals surface area contributed by atoms with Gasteiger partial charge in [0, 0.05) is 19.3 Å². The van der Waals surface area contributed by atoms with Gasteiger partial charge in [-0.25, -0.2) is 4.39 Å². The van der Waals surface area contributed by atoms with E-state index in [2.05, 4.69) is 21.2 Å². The van der Waals surface area contributed by atoms with Gasteiger partial charge in [0.1, 0.15) is 5.82 Å². The maximum absolute atomic E-state index is 13.0. The highest BCUT2D eigenvalue weighted by Gasteiger charge is 2.10. The highest BCUT2D eigenvalue weighted by Crippen LogP contribution is 2.23. The molecule has 19 heavy (non-hydrogen) atoms. The van der Waals surface area contributed by atoms with Crippen LogP contribution in [0.3, 0.4) is 0 Å². The predicted octanol–water partition coefficient (Wildman–Crippen LogP) is 4.03. The van der Waals surface area contributed by atoms with Crippen LogP contribution in [0.2, 0.25) is 0 Å². The summed E-state index contributed by atoms with van der Waals surface area (Å²) in [4.78, 5) is 12.0. The largest absolute Gasteiger partial charge is 0.398 e. The van der Waals surface area contributed by atoms with Gasteiger partial charge in [0.05, 0.1) is 5.69 Å². The molecule has 2 aromatic rings. The van der Waals surface area contributed by atoms with E-state index in [0.29, 0.717) is 20.5 Å². The Kier molecular flexibility index (Phi) is 4.41. The molecule has 0 aliphatic heterocycles. The molecule has 0 heterocycles. The van der Waals surface area contributed by atoms with Crippen molar-refractivity contribution in [1.82, 2.24) is 0 Å². The van der Waals surface area contributed by atoms with Crippen molar-refractivity contribution in [2.24, 2.45) is 0 Å². The summed E-state index contributed by atoms with van der Waals surface area (Å²) in [5.74, 6) is -0.626. The number of amides is 1. The lowest BCUT2D eigenvalue weighted by Gasteiger charge is -2.08. The molecule has 0 atom stereocenters. The molecule has 0 aliphatic rings. The monoisotopic (exact) mass is 434 g/mol. The summed E-state index contributed by atoms with van der Waals surface area (Å²) in [6.07, 6.45) is 0. The molecule has 2 aromatic carbocycles. The third-order valence-electron chi connectivity index (χ3n) is 2.44. The average molecular weight is 435 g/mol. The molecule has 0 bridgehead atoms. The first kappa shape index (κ1) is 14.3. The molecule has 0 spiro atoms. The SMILES string of the molecule is Nc1cc(C(=O)Nc2ccc(F)cc2I)ccc1Br. The summed E-state index contributed by atoms with van der Waals surface area (Å²) < 4.78 is 14.3. The fraction of sp³-hybridized carbons (Fsp3) is 0. The molecule has 3 N–H and O–H groups in total. The van der Waals surface area contributed by atoms with Gasteiger partial charge >= 0.3 is 0 Å². The average Bonchev–Trinajstić information content (AvgIpc) is 2.36. The second kappa shape index (κ2) is 5.87. The Labute approximate surface area is 131 Å². The molecule has 0 aliphatic carbocycles. The van der Waals surface area contributed by atoms with Crippen LogP contribution in [0.15, 0.2) is 40.9 Å². The van der Waals surface area contributed by atoms with Gasteiger partial charge in [0.15, 0.2) is 0 Å². The Balaban J connectivity index is 2.23. The number of hydrogen-bond acceptors (Lipinski definition) is 2. The molecular formula is C13H9BrFIN2O. The van der Waals surface area contributed by atoms with Gasteiger partial charge in [-0.05, 0) is 74.9 Å². The van der Waals surface area contributed by atoms with E-state index in [0.717, 1.165) is 4.47 Å². The lowest BCUT2D eigenvalue weighted by molar-refractivity contribution is 0.102. The predicted molar refractivity (Wildman–Crippen MR) is 85.6 cm³/mol. The molecular weight excluding hydrogens is 426 g/mol. The number of hydrogen-bond donors (Lipinski definition) is 2. The third-order valence-corrected chi connectivity index (χ3v) is 4.05. The number of carbonyl (C=O) groups excluding carboxylic acids is 1. The first-order valence-electron chi connectivity index (χ1n) is 5.29. The molecule has 0 saturated carbocycles. The fourth-order valence-corrected chi connectivity index (χ4v) is 2.33. The van der Waals surface area contributed by atoms with Gasteiger partial charge in [0.25, 0.3) is 5.91 Å². The van der Waals surface area contributed by atoms with Crippen LogP contribution in [-0.2, 0) is 0 Å². The highest BCUT2D eigenvalue weighted by molar-refractivity contribution is 14.1. The van der Waals surface area contributed by atoms with Crippen molar-refractivity contribution in [2.45, 2.75) is 0 Å². The summed E-state index contributed by atoms with van der Waals surface area (Å²) in [6.45, 7) is 0. The summed E-state index contributed by atoms with van der Waals surface area (Å²) >= 11 is 5.23. The van der Waals surface area contributed by atoms with Gasteiger partial charge in [-0.15, -0.1) is 0 Å². The van der Waals surface area contributed by atoms with Crippen molar-refractivity contribution < 1.29 is 9.18 Å². The number of benzene rings is 2. The van der Waals surface area contributed by atoms with Crippen LogP contribution < -0.4 is 11.1 Å². The minimum absolute atomic E-state index is 0.288. The zero-order chi connectivity index (χ0) is 14.0. The summed E-state index contributed by atoms with van der Waals surface area (Å²) in [5, 5.41) is 2.72. The minimum atomic E-state index is -0.338. The van der Waals surface area contributed by atoms with Crippen LogP contribution in [0.5, 0.6) is 0 Å². The van der Waals surface area contributed by atoms with Gasteiger partial charge in [-0.3, -0.25) is 4.79 Å². The van der Waals surface area contributed by atoms with Gasteiger partial charge in [-0.2, -0.15) is 0 Å². The quantitative estimate of drug-likeness (QED) is 0.553. The van der Waals surface area contributed by atoms with Crippen molar-refractivity contribution in [3.8, 4) is 0 Å². The van der Waals surface area contributed by atoms with Crippen LogP contribution in [0, 0.1) is 9.39 Å². The molecule has 6 heteroatoms. The van der Waals surface area contributed by atoms with E-state index in [4.69, 9.17) is 5.73 Å². The van der Waals surface area contributed by atoms with Crippen LogP contribution in [0.25, 0.3) is 0 Å². The number of nitrogens with two attached hydrogens (primary N) is 1. The van der Waals surface area contributed by atoms with Crippen LogP contribution in [0.4, 0.5) is 15.8 Å². The summed E-state index contributed by atoms with van der Waals surface area (Å²) in [7, 11) is 0. The zero-order valence-electron chi connectivity index (χ0n) is 9.58. The molecule has 98 valence electrons. The normalized spacial score (nSPS) is 10.3. The van der Waals surface area contributed by atoms with E-state index < -0.39 is 0 Å². The van der Waals surface area contributed by atoms with Gasteiger partial charge in [-0.1, -0.05) is 0 Å². The first-order chi connectivity index (χ1) is 8.97. The Hall–Kier alpha value is -1.15. The molecule has 2 rings (SSSR count). The van der Waals surface area contributed by atoms with E-state index in [1.165, 1.54) is 18.2 Å². The van der Waals surface area contributed by atoms with E-state index in [-0.39, 0.29) is 11.7 Å². The van der Waals surface area contributed by atoms with Crippen LogP contribution >= 0.6 is 38.5 Å². The standard InChI is InChI=1S/C13H9BrFIN2O/c14-9-3-1-7(5-11(9)17)13(19)18-12-4-2-8(15)6-10(12)16/h1-6H,17H2,(H,18,19). The molecule has 0 radical (unpaired) electrons. The highest BCUT2D eigenvalue weighted by atomic mass is 127. The van der Waals surface area contributed by atoms with E-state index in [9.17, 15) is 9.18 Å². The molecule has 3 nitrogen and oxygen atoms in total. The number of nitrogen functional groups attached to an aromatic ring is 1. The molecule has 0 unspecified atom stereocenters. The first-order valence-corrected chi connectivity index (χ1v) is 7.16. The van der Waals surface area contributed by atoms with Gasteiger partial charge in [0.2, 0.25) is 0 Å². The van der Waals surface area contributed by atoms with Crippen LogP contribution in [0.1, 0.15) is 10.4 Å². The van der Waals surface area contributed by atoms with E-state index in [1.54, 1.807) is 18.2 Å². The topological polar surface area (TPSA) is 55.1 Å². The third kappa shape index (κ3) is 3.44. The lowest BCUT2D eigenvalue weighted by Crippen LogP contribution is -2.13. The molecule has 0 fully saturated rings. The molecule has 0 aromatic heterocycles. The number of anilines is 2. The Morgan fingerprint density at radius 2 is 2.00 bits per heavy atom. The number of nitrogens with one attached hydrogen (secondary N) is 1. The van der Waals surface area contributed by atoms with Crippen molar-refractivity contribution >= 4 is 55.8 Å². The Morgan fingerprint density at radius 3 is 2.63 bits per heavy atom. The maximum Gasteiger partial charge on any atom is 0.255 e. The molecule has 0 saturated heterocycles. The van der Waals surface area contributed by atoms with Gasteiger partial charge < -0.3 is 11.1 Å². The van der Waals surface area contributed by atoms with Crippen molar-refractivity contribution in [3.05, 3.63) is 55.8 Å². The smallest absolute Gasteiger partial charge is 0.255 e. The fourth-order valence-electron chi connectivity index (χ4n) is 1.47. The number of rotatable bonds is 2. The Bertz CT molecular complexity index is 649. The second-order valence-electron chi connectivity index (χ2n) is 3.81. The summed E-state index contributed by atoms with van der Waals surface area (Å²) in [5.41, 5.74) is 7.22. The maximum atomic E-state index is 13.0. The van der Waals surface area contributed by atoms with E-state index >= 15 is 0 Å². The van der Waals surface area contributed by atoms with E-state index in [1.807, 2.05) is 22.6 Å². The molecule has 1 amide bonds. The zero-order valence-corrected chi connectivity index (χ0v) is 13.3.